The van der Waals surface area contributed by atoms with Gasteiger partial charge in [-0.2, -0.15) is 0 Å². The summed E-state index contributed by atoms with van der Waals surface area (Å²) in [6, 6.07) is 3.73. The molecule has 0 saturated carbocycles. The fourth-order valence-corrected chi connectivity index (χ4v) is 1.71. The highest BCUT2D eigenvalue weighted by molar-refractivity contribution is 9.10. The van der Waals surface area contributed by atoms with Gasteiger partial charge in [0.25, 0.3) is 0 Å². The van der Waals surface area contributed by atoms with E-state index >= 15 is 0 Å². The molecule has 0 radical (unpaired) electrons. The number of hydrogen-bond acceptors (Lipinski definition) is 2. The van der Waals surface area contributed by atoms with Gasteiger partial charge in [0.1, 0.15) is 0 Å². The second-order valence-electron chi connectivity index (χ2n) is 3.83. The Morgan fingerprint density at radius 1 is 1.47 bits per heavy atom. The Morgan fingerprint density at radius 3 is 2.60 bits per heavy atom. The van der Waals surface area contributed by atoms with Gasteiger partial charge in [-0.15, -0.1) is 0 Å². The van der Waals surface area contributed by atoms with Crippen LogP contribution >= 0.6 is 15.9 Å². The van der Waals surface area contributed by atoms with Crippen LogP contribution in [0.2, 0.25) is 0 Å². The van der Waals surface area contributed by atoms with Crippen LogP contribution in [0.1, 0.15) is 19.4 Å². The fourth-order valence-electron chi connectivity index (χ4n) is 1.13. The number of carbonyl (C=O) groups is 1. The van der Waals surface area contributed by atoms with Crippen LogP contribution in [0.25, 0.3) is 0 Å². The summed E-state index contributed by atoms with van der Waals surface area (Å²) in [5, 5.41) is 2.80. The molecule has 0 saturated heterocycles. The van der Waals surface area contributed by atoms with Gasteiger partial charge in [-0.1, -0.05) is 29.8 Å². The summed E-state index contributed by atoms with van der Waals surface area (Å²) in [6.07, 6.45) is 0. The molecular formula is C11H15BrN2O. The first-order valence-electron chi connectivity index (χ1n) is 4.78. The number of amides is 1. The predicted molar refractivity (Wildman–Crippen MR) is 66.8 cm³/mol. The van der Waals surface area contributed by atoms with Crippen LogP contribution < -0.4 is 11.1 Å². The fraction of sp³-hybridized carbons (Fsp3) is 0.364. The molecule has 82 valence electrons. The lowest BCUT2D eigenvalue weighted by molar-refractivity contribution is -0.118. The Morgan fingerprint density at radius 2 is 2.07 bits per heavy atom. The third kappa shape index (κ3) is 2.96. The highest BCUT2D eigenvalue weighted by Crippen LogP contribution is 2.27. The minimum Gasteiger partial charge on any atom is -0.397 e. The van der Waals surface area contributed by atoms with Crippen molar-refractivity contribution < 1.29 is 4.79 Å². The van der Waals surface area contributed by atoms with E-state index in [0.717, 1.165) is 10.0 Å². The third-order valence-corrected chi connectivity index (χ3v) is 2.59. The Labute approximate surface area is 98.2 Å². The van der Waals surface area contributed by atoms with Gasteiger partial charge in [0.15, 0.2) is 0 Å². The predicted octanol–water partition coefficient (Wildman–Crippen LogP) is 2.93. The lowest BCUT2D eigenvalue weighted by Crippen LogP contribution is -2.18. The van der Waals surface area contributed by atoms with Crippen LogP contribution in [-0.2, 0) is 4.79 Å². The smallest absolute Gasteiger partial charge is 0.226 e. The highest BCUT2D eigenvalue weighted by Gasteiger charge is 2.10. The topological polar surface area (TPSA) is 55.1 Å². The first-order valence-corrected chi connectivity index (χ1v) is 5.57. The molecule has 0 aromatic heterocycles. The quantitative estimate of drug-likeness (QED) is 0.812. The summed E-state index contributed by atoms with van der Waals surface area (Å²) in [5.41, 5.74) is 8.10. The SMILES string of the molecule is Cc1cc(Br)cc(NC(=O)C(C)C)c1N. The van der Waals surface area contributed by atoms with Gasteiger partial charge in [0.2, 0.25) is 5.91 Å². The van der Waals surface area contributed by atoms with E-state index in [-0.39, 0.29) is 11.8 Å². The van der Waals surface area contributed by atoms with Crippen molar-refractivity contribution in [1.82, 2.24) is 0 Å². The second-order valence-corrected chi connectivity index (χ2v) is 4.74. The van der Waals surface area contributed by atoms with Crippen molar-refractivity contribution in [3.63, 3.8) is 0 Å². The molecule has 1 amide bonds. The van der Waals surface area contributed by atoms with E-state index in [0.29, 0.717) is 11.4 Å². The monoisotopic (exact) mass is 270 g/mol. The van der Waals surface area contributed by atoms with Crippen LogP contribution in [0.4, 0.5) is 11.4 Å². The van der Waals surface area contributed by atoms with E-state index < -0.39 is 0 Å². The molecule has 1 rings (SSSR count). The minimum absolute atomic E-state index is 0.0285. The van der Waals surface area contributed by atoms with Crippen LogP contribution in [0.3, 0.4) is 0 Å². The number of benzene rings is 1. The number of aryl methyl sites for hydroxylation is 1. The largest absolute Gasteiger partial charge is 0.397 e. The van der Waals surface area contributed by atoms with E-state index in [1.807, 2.05) is 32.9 Å². The van der Waals surface area contributed by atoms with Crippen LogP contribution in [0.5, 0.6) is 0 Å². The number of nitrogens with two attached hydrogens (primary N) is 1. The van der Waals surface area contributed by atoms with E-state index in [1.54, 1.807) is 0 Å². The van der Waals surface area contributed by atoms with Gasteiger partial charge in [0, 0.05) is 10.4 Å². The van der Waals surface area contributed by atoms with Gasteiger partial charge in [0.05, 0.1) is 11.4 Å². The van der Waals surface area contributed by atoms with Crippen LogP contribution in [0, 0.1) is 12.8 Å². The van der Waals surface area contributed by atoms with Crippen molar-refractivity contribution in [2.45, 2.75) is 20.8 Å². The van der Waals surface area contributed by atoms with Gasteiger partial charge in [-0.25, -0.2) is 0 Å². The number of hydrogen-bond donors (Lipinski definition) is 2. The summed E-state index contributed by atoms with van der Waals surface area (Å²) < 4.78 is 0.910. The Hall–Kier alpha value is -1.03. The zero-order chi connectivity index (χ0) is 11.6. The molecule has 1 aromatic carbocycles. The molecule has 15 heavy (non-hydrogen) atoms. The minimum atomic E-state index is -0.0521. The molecule has 0 bridgehead atoms. The van der Waals surface area contributed by atoms with E-state index in [9.17, 15) is 4.79 Å². The van der Waals surface area contributed by atoms with Crippen molar-refractivity contribution >= 4 is 33.2 Å². The molecule has 0 spiro atoms. The number of nitrogens with one attached hydrogen (secondary N) is 1. The number of nitrogen functional groups attached to an aromatic ring is 1. The molecule has 0 aliphatic rings. The van der Waals surface area contributed by atoms with Crippen LogP contribution in [-0.4, -0.2) is 5.91 Å². The molecule has 0 atom stereocenters. The summed E-state index contributed by atoms with van der Waals surface area (Å²) in [4.78, 5) is 11.5. The van der Waals surface area contributed by atoms with E-state index in [1.165, 1.54) is 0 Å². The number of rotatable bonds is 2. The molecular weight excluding hydrogens is 256 g/mol. The van der Waals surface area contributed by atoms with Crippen LogP contribution in [0.15, 0.2) is 16.6 Å². The average Bonchev–Trinajstić information content (AvgIpc) is 2.13. The summed E-state index contributed by atoms with van der Waals surface area (Å²) in [6.45, 7) is 5.60. The van der Waals surface area contributed by atoms with E-state index in [2.05, 4.69) is 21.2 Å². The lowest BCUT2D eigenvalue weighted by Gasteiger charge is -2.12. The van der Waals surface area contributed by atoms with Gasteiger partial charge < -0.3 is 11.1 Å². The molecule has 0 aliphatic carbocycles. The maximum Gasteiger partial charge on any atom is 0.226 e. The first kappa shape index (κ1) is 12.0. The summed E-state index contributed by atoms with van der Waals surface area (Å²) in [5.74, 6) is -0.0807. The molecule has 4 heteroatoms. The van der Waals surface area contributed by atoms with Gasteiger partial charge in [-0.3, -0.25) is 4.79 Å². The van der Waals surface area contributed by atoms with Gasteiger partial charge in [-0.05, 0) is 24.6 Å². The first-order chi connectivity index (χ1) is 6.91. The summed E-state index contributed by atoms with van der Waals surface area (Å²) >= 11 is 3.37. The number of anilines is 2. The van der Waals surface area contributed by atoms with Gasteiger partial charge >= 0.3 is 0 Å². The Bertz CT molecular complexity index is 388. The molecule has 1 aromatic rings. The number of halogens is 1. The Balaban J connectivity index is 2.99. The molecule has 0 unspecified atom stereocenters. The molecule has 0 heterocycles. The van der Waals surface area contributed by atoms with Crippen molar-refractivity contribution in [3.8, 4) is 0 Å². The van der Waals surface area contributed by atoms with E-state index in [4.69, 9.17) is 5.73 Å². The standard InChI is InChI=1S/C11H15BrN2O/c1-6(2)11(15)14-9-5-8(12)4-7(3)10(9)13/h4-6H,13H2,1-3H3,(H,14,15). The molecule has 0 aliphatic heterocycles. The highest BCUT2D eigenvalue weighted by atomic mass is 79.9. The van der Waals surface area contributed by atoms with Crippen molar-refractivity contribution in [3.05, 3.63) is 22.2 Å². The van der Waals surface area contributed by atoms with Crippen molar-refractivity contribution in [2.75, 3.05) is 11.1 Å². The Kier molecular flexibility index (Phi) is 3.74. The van der Waals surface area contributed by atoms with Crippen molar-refractivity contribution in [1.29, 1.82) is 0 Å². The summed E-state index contributed by atoms with van der Waals surface area (Å²) in [7, 11) is 0. The third-order valence-electron chi connectivity index (χ3n) is 2.13. The lowest BCUT2D eigenvalue weighted by atomic mass is 10.1. The molecule has 3 N–H and O–H groups in total. The molecule has 0 fully saturated rings. The maximum absolute atomic E-state index is 11.5. The maximum atomic E-state index is 11.5. The average molecular weight is 271 g/mol. The second kappa shape index (κ2) is 4.66. The normalized spacial score (nSPS) is 10.5. The van der Waals surface area contributed by atoms with Crippen molar-refractivity contribution in [2.24, 2.45) is 5.92 Å². The number of carbonyl (C=O) groups excluding carboxylic acids is 1. The molecule has 3 nitrogen and oxygen atoms in total. The zero-order valence-corrected chi connectivity index (χ0v) is 10.7. The zero-order valence-electron chi connectivity index (χ0n) is 9.10.